The second-order valence-electron chi connectivity index (χ2n) is 8.75. The van der Waals surface area contributed by atoms with E-state index in [0.717, 1.165) is 36.0 Å². The van der Waals surface area contributed by atoms with Gasteiger partial charge in [0.05, 0.1) is 0 Å². The first kappa shape index (κ1) is 19.5. The van der Waals surface area contributed by atoms with Crippen LogP contribution in [-0.4, -0.2) is 0 Å². The Morgan fingerprint density at radius 3 is 2.50 bits per heavy atom. The average molecular weight is 329 g/mol. The normalized spacial score (nSPS) is 32.8. The molecular formula is C24H40. The smallest absolute Gasteiger partial charge is 0.00672 e. The van der Waals surface area contributed by atoms with E-state index in [1.807, 2.05) is 0 Å². The topological polar surface area (TPSA) is 0 Å². The summed E-state index contributed by atoms with van der Waals surface area (Å²) in [5.41, 5.74) is 6.01. The quantitative estimate of drug-likeness (QED) is 0.468. The van der Waals surface area contributed by atoms with Crippen molar-refractivity contribution >= 4 is 0 Å². The first-order chi connectivity index (χ1) is 11.4. The number of hydrogen-bond acceptors (Lipinski definition) is 0. The summed E-state index contributed by atoms with van der Waals surface area (Å²) < 4.78 is 0. The molecule has 24 heavy (non-hydrogen) atoms. The zero-order chi connectivity index (χ0) is 17.9. The molecule has 0 heterocycles. The van der Waals surface area contributed by atoms with E-state index in [1.165, 1.54) is 55.2 Å². The fourth-order valence-corrected chi connectivity index (χ4v) is 5.29. The molecule has 0 N–H and O–H groups in total. The van der Waals surface area contributed by atoms with Crippen molar-refractivity contribution in [2.45, 2.75) is 86.5 Å². The highest BCUT2D eigenvalue weighted by Gasteiger charge is 2.40. The SMILES string of the molecule is C=C1CC(C)=C(C)C=C1[C@H]1CC[C@@H](C)C(C)C1C(CC)CCCC. The lowest BCUT2D eigenvalue weighted by Gasteiger charge is -2.46. The molecule has 1 fully saturated rings. The lowest BCUT2D eigenvalue weighted by atomic mass is 9.58. The maximum absolute atomic E-state index is 4.48. The van der Waals surface area contributed by atoms with Crippen molar-refractivity contribution in [3.05, 3.63) is 34.9 Å². The highest BCUT2D eigenvalue weighted by molar-refractivity contribution is 5.46. The van der Waals surface area contributed by atoms with Crippen molar-refractivity contribution in [3.63, 3.8) is 0 Å². The van der Waals surface area contributed by atoms with Crippen LogP contribution < -0.4 is 0 Å². The molecule has 0 amide bonds. The fourth-order valence-electron chi connectivity index (χ4n) is 5.29. The molecule has 0 radical (unpaired) electrons. The minimum Gasteiger partial charge on any atom is -0.0952 e. The van der Waals surface area contributed by atoms with Gasteiger partial charge in [-0.2, -0.15) is 0 Å². The van der Waals surface area contributed by atoms with Gasteiger partial charge >= 0.3 is 0 Å². The molecule has 0 aliphatic heterocycles. The molecule has 0 bridgehead atoms. The van der Waals surface area contributed by atoms with Gasteiger partial charge in [0.25, 0.3) is 0 Å². The molecule has 0 aromatic rings. The van der Waals surface area contributed by atoms with E-state index < -0.39 is 0 Å². The lowest BCUT2D eigenvalue weighted by Crippen LogP contribution is -2.38. The summed E-state index contributed by atoms with van der Waals surface area (Å²) >= 11 is 0. The Bertz CT molecular complexity index is 504. The summed E-state index contributed by atoms with van der Waals surface area (Å²) in [6, 6.07) is 0. The van der Waals surface area contributed by atoms with Gasteiger partial charge in [0.15, 0.2) is 0 Å². The van der Waals surface area contributed by atoms with Gasteiger partial charge in [-0.3, -0.25) is 0 Å². The molecule has 2 aliphatic rings. The molecule has 0 aromatic carbocycles. The third-order valence-corrected chi connectivity index (χ3v) is 7.23. The summed E-state index contributed by atoms with van der Waals surface area (Å²) in [5, 5.41) is 0. The Labute approximate surface area is 151 Å². The third kappa shape index (κ3) is 4.06. The van der Waals surface area contributed by atoms with Crippen LogP contribution in [0.5, 0.6) is 0 Å². The van der Waals surface area contributed by atoms with Gasteiger partial charge in [0.2, 0.25) is 0 Å². The van der Waals surface area contributed by atoms with Crippen molar-refractivity contribution in [2.75, 3.05) is 0 Å². The van der Waals surface area contributed by atoms with Crippen LogP contribution in [0.25, 0.3) is 0 Å². The van der Waals surface area contributed by atoms with Gasteiger partial charge in [0.1, 0.15) is 0 Å². The van der Waals surface area contributed by atoms with Crippen molar-refractivity contribution in [2.24, 2.45) is 29.6 Å². The molecular weight excluding hydrogens is 288 g/mol. The third-order valence-electron chi connectivity index (χ3n) is 7.23. The van der Waals surface area contributed by atoms with E-state index in [2.05, 4.69) is 54.2 Å². The predicted molar refractivity (Wildman–Crippen MR) is 108 cm³/mol. The van der Waals surface area contributed by atoms with E-state index in [0.29, 0.717) is 0 Å². The molecule has 0 heteroatoms. The van der Waals surface area contributed by atoms with Gasteiger partial charge in [0, 0.05) is 0 Å². The average Bonchev–Trinajstić information content (AvgIpc) is 2.55. The Morgan fingerprint density at radius 2 is 1.88 bits per heavy atom. The Kier molecular flexibility index (Phi) is 6.96. The van der Waals surface area contributed by atoms with Crippen LogP contribution in [0.15, 0.2) is 34.9 Å². The summed E-state index contributed by atoms with van der Waals surface area (Å²) in [6.45, 7) is 18.8. The van der Waals surface area contributed by atoms with E-state index in [4.69, 9.17) is 0 Å². The van der Waals surface area contributed by atoms with Crippen LogP contribution in [0.4, 0.5) is 0 Å². The van der Waals surface area contributed by atoms with Crippen LogP contribution in [0.2, 0.25) is 0 Å². The van der Waals surface area contributed by atoms with Crippen molar-refractivity contribution in [1.82, 2.24) is 0 Å². The highest BCUT2D eigenvalue weighted by atomic mass is 14.5. The second-order valence-corrected chi connectivity index (χ2v) is 8.75. The minimum atomic E-state index is 0.744. The van der Waals surface area contributed by atoms with Crippen LogP contribution in [0, 0.1) is 29.6 Å². The molecule has 136 valence electrons. The largest absolute Gasteiger partial charge is 0.0952 e. The van der Waals surface area contributed by atoms with Crippen LogP contribution in [-0.2, 0) is 0 Å². The molecule has 0 spiro atoms. The van der Waals surface area contributed by atoms with Crippen molar-refractivity contribution in [3.8, 4) is 0 Å². The Hall–Kier alpha value is -0.780. The first-order valence-electron chi connectivity index (χ1n) is 10.5. The van der Waals surface area contributed by atoms with Crippen LogP contribution in [0.3, 0.4) is 0 Å². The Morgan fingerprint density at radius 1 is 1.17 bits per heavy atom. The molecule has 0 nitrogen and oxygen atoms in total. The number of hydrogen-bond donors (Lipinski definition) is 0. The van der Waals surface area contributed by atoms with Gasteiger partial charge in [-0.1, -0.05) is 77.2 Å². The molecule has 2 rings (SSSR count). The highest BCUT2D eigenvalue weighted by Crippen LogP contribution is 2.50. The predicted octanol–water partition coefficient (Wildman–Crippen LogP) is 7.72. The maximum atomic E-state index is 4.48. The van der Waals surface area contributed by atoms with Gasteiger partial charge in [-0.15, -0.1) is 0 Å². The van der Waals surface area contributed by atoms with E-state index in [-0.39, 0.29) is 0 Å². The number of unbranched alkanes of at least 4 members (excludes halogenated alkanes) is 1. The molecule has 3 unspecified atom stereocenters. The van der Waals surface area contributed by atoms with Crippen molar-refractivity contribution < 1.29 is 0 Å². The zero-order valence-corrected chi connectivity index (χ0v) is 17.1. The molecule has 1 saturated carbocycles. The summed E-state index contributed by atoms with van der Waals surface area (Å²) in [4.78, 5) is 0. The molecule has 0 saturated heterocycles. The number of rotatable bonds is 6. The standard InChI is InChI=1S/C24H40/c1-8-10-11-21(9-2)24-20(7)16(3)12-13-22(24)23-15-18(5)17(4)14-19(23)6/h15-16,20-22,24H,6,8-14H2,1-5,7H3/t16-,20?,21?,22-,24?/m1/s1. The molecule has 0 aromatic heterocycles. The molecule has 5 atom stereocenters. The number of allylic oxidation sites excluding steroid dienone is 5. The van der Waals surface area contributed by atoms with Crippen LogP contribution >= 0.6 is 0 Å². The first-order valence-corrected chi connectivity index (χ1v) is 10.5. The lowest BCUT2D eigenvalue weighted by molar-refractivity contribution is 0.0712. The van der Waals surface area contributed by atoms with Gasteiger partial charge < -0.3 is 0 Å². The Balaban J connectivity index is 2.34. The van der Waals surface area contributed by atoms with Crippen molar-refractivity contribution in [1.29, 1.82) is 0 Å². The monoisotopic (exact) mass is 328 g/mol. The minimum absolute atomic E-state index is 0.744. The van der Waals surface area contributed by atoms with Gasteiger partial charge in [-0.05, 0) is 73.8 Å². The van der Waals surface area contributed by atoms with E-state index in [9.17, 15) is 0 Å². The summed E-state index contributed by atoms with van der Waals surface area (Å²) in [7, 11) is 0. The fraction of sp³-hybridized carbons (Fsp3) is 0.750. The van der Waals surface area contributed by atoms with E-state index >= 15 is 0 Å². The molecule has 2 aliphatic carbocycles. The summed E-state index contributed by atoms with van der Waals surface area (Å²) in [6.07, 6.45) is 11.8. The maximum Gasteiger partial charge on any atom is -0.00672 e. The summed E-state index contributed by atoms with van der Waals surface area (Å²) in [5.74, 6) is 4.19. The van der Waals surface area contributed by atoms with E-state index in [1.54, 1.807) is 5.57 Å². The van der Waals surface area contributed by atoms with Crippen LogP contribution in [0.1, 0.15) is 86.5 Å². The van der Waals surface area contributed by atoms with Gasteiger partial charge in [-0.25, -0.2) is 0 Å². The second kappa shape index (κ2) is 8.54. The zero-order valence-electron chi connectivity index (χ0n) is 17.1.